The molecule has 0 radical (unpaired) electrons. The average molecular weight is 238 g/mol. The lowest BCUT2D eigenvalue weighted by atomic mass is 9.57. The molecule has 1 aliphatic carbocycles. The molecule has 0 spiro atoms. The Kier molecular flexibility index (Phi) is 4.40. The molecular formula is C15H26O2. The summed E-state index contributed by atoms with van der Waals surface area (Å²) in [6.45, 7) is 11.5. The van der Waals surface area contributed by atoms with Gasteiger partial charge in [0.1, 0.15) is 0 Å². The Hall–Kier alpha value is -0.790. The van der Waals surface area contributed by atoms with Gasteiger partial charge in [-0.2, -0.15) is 0 Å². The van der Waals surface area contributed by atoms with Crippen LogP contribution in [-0.2, 0) is 9.53 Å². The van der Waals surface area contributed by atoms with Gasteiger partial charge in [-0.1, -0.05) is 40.2 Å². The molecule has 0 bridgehead atoms. The molecule has 1 aliphatic rings. The minimum Gasteiger partial charge on any atom is -0.463 e. The highest BCUT2D eigenvalue weighted by atomic mass is 16.5. The summed E-state index contributed by atoms with van der Waals surface area (Å²) in [7, 11) is 0. The summed E-state index contributed by atoms with van der Waals surface area (Å²) < 4.78 is 4.94. The van der Waals surface area contributed by atoms with E-state index in [4.69, 9.17) is 4.74 Å². The molecule has 0 aromatic heterocycles. The number of rotatable bonds is 3. The average Bonchev–Trinajstić information content (AvgIpc) is 2.15. The van der Waals surface area contributed by atoms with E-state index in [9.17, 15) is 4.79 Å². The number of carbonyl (C=O) groups excluding carboxylic acids is 1. The van der Waals surface area contributed by atoms with Crippen LogP contribution in [0.25, 0.3) is 0 Å². The van der Waals surface area contributed by atoms with E-state index < -0.39 is 0 Å². The van der Waals surface area contributed by atoms with Gasteiger partial charge in [0, 0.05) is 6.08 Å². The molecule has 0 heterocycles. The maximum atomic E-state index is 11.4. The minimum absolute atomic E-state index is 0.218. The zero-order valence-electron chi connectivity index (χ0n) is 11.9. The van der Waals surface area contributed by atoms with E-state index >= 15 is 0 Å². The lowest BCUT2D eigenvalue weighted by Crippen LogP contribution is -2.39. The van der Waals surface area contributed by atoms with Gasteiger partial charge in [-0.15, -0.1) is 0 Å². The van der Waals surface area contributed by atoms with Gasteiger partial charge in [-0.25, -0.2) is 4.79 Å². The van der Waals surface area contributed by atoms with E-state index in [1.807, 2.05) is 6.92 Å². The van der Waals surface area contributed by atoms with Crippen molar-refractivity contribution in [3.05, 3.63) is 12.2 Å². The van der Waals surface area contributed by atoms with Gasteiger partial charge in [0.15, 0.2) is 0 Å². The van der Waals surface area contributed by atoms with Gasteiger partial charge < -0.3 is 4.74 Å². The second kappa shape index (κ2) is 5.24. The van der Waals surface area contributed by atoms with Crippen molar-refractivity contribution in [2.45, 2.75) is 53.9 Å². The summed E-state index contributed by atoms with van der Waals surface area (Å²) in [5.41, 5.74) is 0.537. The zero-order chi connectivity index (χ0) is 13.1. The van der Waals surface area contributed by atoms with Crippen LogP contribution in [0.5, 0.6) is 0 Å². The van der Waals surface area contributed by atoms with Crippen molar-refractivity contribution in [1.29, 1.82) is 0 Å². The molecule has 0 aliphatic heterocycles. The molecule has 0 atom stereocenters. The number of ether oxygens (including phenoxy) is 1. The van der Waals surface area contributed by atoms with Gasteiger partial charge in [0.2, 0.25) is 0 Å². The Labute approximate surface area is 105 Å². The van der Waals surface area contributed by atoms with Crippen LogP contribution in [0, 0.1) is 16.7 Å². The summed E-state index contributed by atoms with van der Waals surface area (Å²) in [6.07, 6.45) is 7.42. The molecule has 0 N–H and O–H groups in total. The number of hydrogen-bond acceptors (Lipinski definition) is 2. The Morgan fingerprint density at radius 3 is 2.24 bits per heavy atom. The molecule has 2 nitrogen and oxygen atoms in total. The first kappa shape index (κ1) is 14.3. The first-order chi connectivity index (χ1) is 7.79. The fourth-order valence-corrected chi connectivity index (χ4v) is 3.25. The molecule has 17 heavy (non-hydrogen) atoms. The Bertz CT molecular complexity index is 284. The maximum absolute atomic E-state index is 11.4. The van der Waals surface area contributed by atoms with Crippen molar-refractivity contribution in [3.63, 3.8) is 0 Å². The summed E-state index contributed by atoms with van der Waals surface area (Å²) in [5, 5.41) is 0. The molecule has 0 unspecified atom stereocenters. The third-order valence-electron chi connectivity index (χ3n) is 4.04. The highest BCUT2D eigenvalue weighted by Gasteiger charge is 2.42. The molecule has 0 saturated heterocycles. The van der Waals surface area contributed by atoms with Gasteiger partial charge >= 0.3 is 5.97 Å². The quantitative estimate of drug-likeness (QED) is 0.549. The molecule has 0 aromatic carbocycles. The topological polar surface area (TPSA) is 26.3 Å². The monoisotopic (exact) mass is 238 g/mol. The first-order valence-corrected chi connectivity index (χ1v) is 6.64. The highest BCUT2D eigenvalue weighted by Crippen LogP contribution is 2.51. The molecule has 0 amide bonds. The lowest BCUT2D eigenvalue weighted by Gasteiger charge is -2.48. The van der Waals surface area contributed by atoms with Crippen LogP contribution < -0.4 is 0 Å². The number of hydrogen-bond donors (Lipinski definition) is 0. The zero-order valence-corrected chi connectivity index (χ0v) is 11.9. The van der Waals surface area contributed by atoms with Crippen LogP contribution in [-0.4, -0.2) is 12.6 Å². The number of esters is 1. The van der Waals surface area contributed by atoms with Crippen LogP contribution in [0.3, 0.4) is 0 Å². The third-order valence-corrected chi connectivity index (χ3v) is 4.04. The third kappa shape index (κ3) is 3.58. The smallest absolute Gasteiger partial charge is 0.330 e. The van der Waals surface area contributed by atoms with Crippen LogP contribution in [0.4, 0.5) is 0 Å². The minimum atomic E-state index is -0.218. The SMILES string of the molecule is CCOC(=O)/C=C/C1C(C)(C)CCCC1(C)C. The van der Waals surface area contributed by atoms with E-state index in [1.165, 1.54) is 19.3 Å². The summed E-state index contributed by atoms with van der Waals surface area (Å²) in [5.74, 6) is 0.220. The van der Waals surface area contributed by atoms with E-state index in [2.05, 4.69) is 33.8 Å². The van der Waals surface area contributed by atoms with E-state index in [-0.39, 0.29) is 16.8 Å². The van der Waals surface area contributed by atoms with Crippen molar-refractivity contribution in [2.75, 3.05) is 6.61 Å². The van der Waals surface area contributed by atoms with Gasteiger partial charge in [0.05, 0.1) is 6.61 Å². The van der Waals surface area contributed by atoms with E-state index in [0.717, 1.165) is 0 Å². The molecule has 1 rings (SSSR count). The molecule has 98 valence electrons. The highest BCUT2D eigenvalue weighted by molar-refractivity contribution is 5.81. The first-order valence-electron chi connectivity index (χ1n) is 6.64. The predicted molar refractivity (Wildman–Crippen MR) is 70.7 cm³/mol. The van der Waals surface area contributed by atoms with E-state index in [0.29, 0.717) is 12.5 Å². The van der Waals surface area contributed by atoms with Gasteiger partial charge in [-0.3, -0.25) is 0 Å². The number of carbonyl (C=O) groups is 1. The van der Waals surface area contributed by atoms with Crippen molar-refractivity contribution < 1.29 is 9.53 Å². The fourth-order valence-electron chi connectivity index (χ4n) is 3.25. The van der Waals surface area contributed by atoms with Crippen molar-refractivity contribution in [1.82, 2.24) is 0 Å². The van der Waals surface area contributed by atoms with Crippen LogP contribution >= 0.6 is 0 Å². The molecule has 1 fully saturated rings. The standard InChI is InChI=1S/C15H26O2/c1-6-17-13(16)9-8-12-14(2,3)10-7-11-15(12,4)5/h8-9,12H,6-7,10-11H2,1-5H3/b9-8+. The van der Waals surface area contributed by atoms with Gasteiger partial charge in [0.25, 0.3) is 0 Å². The second-order valence-corrected chi connectivity index (χ2v) is 6.42. The second-order valence-electron chi connectivity index (χ2n) is 6.42. The van der Waals surface area contributed by atoms with Crippen molar-refractivity contribution in [3.8, 4) is 0 Å². The summed E-state index contributed by atoms with van der Waals surface area (Å²) >= 11 is 0. The molecular weight excluding hydrogens is 212 g/mol. The lowest BCUT2D eigenvalue weighted by molar-refractivity contribution is -0.137. The van der Waals surface area contributed by atoms with Crippen molar-refractivity contribution in [2.24, 2.45) is 16.7 Å². The van der Waals surface area contributed by atoms with Crippen LogP contribution in [0.15, 0.2) is 12.2 Å². The predicted octanol–water partition coefficient (Wildman–Crippen LogP) is 3.96. The maximum Gasteiger partial charge on any atom is 0.330 e. The van der Waals surface area contributed by atoms with Crippen LogP contribution in [0.2, 0.25) is 0 Å². The molecule has 1 saturated carbocycles. The Morgan fingerprint density at radius 1 is 1.24 bits per heavy atom. The fraction of sp³-hybridized carbons (Fsp3) is 0.800. The normalized spacial score (nSPS) is 23.8. The van der Waals surface area contributed by atoms with Crippen molar-refractivity contribution >= 4 is 5.97 Å². The summed E-state index contributed by atoms with van der Waals surface area (Å²) in [4.78, 5) is 11.4. The van der Waals surface area contributed by atoms with E-state index in [1.54, 1.807) is 6.08 Å². The summed E-state index contributed by atoms with van der Waals surface area (Å²) in [6, 6.07) is 0. The van der Waals surface area contributed by atoms with Crippen LogP contribution in [0.1, 0.15) is 53.9 Å². The van der Waals surface area contributed by atoms with Gasteiger partial charge in [-0.05, 0) is 36.5 Å². The largest absolute Gasteiger partial charge is 0.463 e. The molecule has 0 aromatic rings. The number of allylic oxidation sites excluding steroid dienone is 1. The molecule has 2 heteroatoms. The Morgan fingerprint density at radius 2 is 1.76 bits per heavy atom. The Balaban J connectivity index is 2.80.